The number of nitrogens with one attached hydrogen (secondary N) is 1. The number of anilines is 2. The zero-order chi connectivity index (χ0) is 17.4. The van der Waals surface area contributed by atoms with Gasteiger partial charge in [0, 0.05) is 12.5 Å². The summed E-state index contributed by atoms with van der Waals surface area (Å²) < 4.78 is 15.9. The maximum atomic E-state index is 12.0. The Morgan fingerprint density at radius 2 is 1.88 bits per heavy atom. The van der Waals surface area contributed by atoms with Crippen LogP contribution >= 0.6 is 0 Å². The molecule has 0 spiro atoms. The van der Waals surface area contributed by atoms with E-state index in [0.29, 0.717) is 48.1 Å². The number of amides is 1. The van der Waals surface area contributed by atoms with Crippen molar-refractivity contribution in [3.05, 3.63) is 42.5 Å². The molecule has 0 aliphatic heterocycles. The van der Waals surface area contributed by atoms with Gasteiger partial charge in [0.25, 0.3) is 0 Å². The summed E-state index contributed by atoms with van der Waals surface area (Å²) in [6.07, 6.45) is 0.917. The molecule has 0 saturated heterocycles. The number of ether oxygens (including phenoxy) is 3. The summed E-state index contributed by atoms with van der Waals surface area (Å²) in [7, 11) is 3.12. The van der Waals surface area contributed by atoms with E-state index in [1.807, 2.05) is 12.1 Å². The summed E-state index contributed by atoms with van der Waals surface area (Å²) >= 11 is 0. The zero-order valence-corrected chi connectivity index (χ0v) is 13.9. The highest BCUT2D eigenvalue weighted by molar-refractivity contribution is 5.92. The molecule has 2 aromatic rings. The molecule has 2 rings (SSSR count). The average Bonchev–Trinajstić information content (AvgIpc) is 2.60. The summed E-state index contributed by atoms with van der Waals surface area (Å²) in [6.45, 7) is 0.418. The van der Waals surface area contributed by atoms with Crippen molar-refractivity contribution in [1.29, 1.82) is 0 Å². The molecule has 0 radical (unpaired) electrons. The molecule has 2 aromatic carbocycles. The van der Waals surface area contributed by atoms with Crippen molar-refractivity contribution in [1.82, 2.24) is 0 Å². The Bertz CT molecular complexity index is 688. The Labute approximate surface area is 141 Å². The fourth-order valence-corrected chi connectivity index (χ4v) is 2.14. The van der Waals surface area contributed by atoms with E-state index in [2.05, 4.69) is 5.32 Å². The van der Waals surface area contributed by atoms with Gasteiger partial charge in [0.2, 0.25) is 5.91 Å². The fourth-order valence-electron chi connectivity index (χ4n) is 2.14. The van der Waals surface area contributed by atoms with Crippen molar-refractivity contribution in [2.75, 3.05) is 31.9 Å². The van der Waals surface area contributed by atoms with Gasteiger partial charge in [0.15, 0.2) is 0 Å². The predicted octanol–water partition coefficient (Wildman–Crippen LogP) is 3.08. The molecular weight excluding hydrogens is 308 g/mol. The molecular formula is C18H22N2O4. The molecule has 3 N–H and O–H groups in total. The normalized spacial score (nSPS) is 10.1. The van der Waals surface area contributed by atoms with Gasteiger partial charge in [0.1, 0.15) is 17.2 Å². The lowest BCUT2D eigenvalue weighted by Gasteiger charge is -2.12. The summed E-state index contributed by atoms with van der Waals surface area (Å²) in [5.74, 6) is 1.74. The number of benzene rings is 2. The Balaban J connectivity index is 1.80. The number of nitrogens with two attached hydrogens (primary N) is 1. The van der Waals surface area contributed by atoms with Gasteiger partial charge in [-0.3, -0.25) is 4.79 Å². The van der Waals surface area contributed by atoms with Crippen LogP contribution in [0.25, 0.3) is 0 Å². The molecule has 128 valence electrons. The van der Waals surface area contributed by atoms with Gasteiger partial charge >= 0.3 is 0 Å². The van der Waals surface area contributed by atoms with Crippen molar-refractivity contribution < 1.29 is 19.0 Å². The van der Waals surface area contributed by atoms with Crippen LogP contribution in [0.5, 0.6) is 17.2 Å². The second kappa shape index (κ2) is 8.67. The minimum Gasteiger partial charge on any atom is -0.497 e. The largest absolute Gasteiger partial charge is 0.497 e. The van der Waals surface area contributed by atoms with Crippen LogP contribution in [0, 0.1) is 0 Å². The average molecular weight is 330 g/mol. The first-order valence-corrected chi connectivity index (χ1v) is 7.63. The van der Waals surface area contributed by atoms with Crippen LogP contribution in [0.3, 0.4) is 0 Å². The molecule has 0 saturated carbocycles. The van der Waals surface area contributed by atoms with E-state index < -0.39 is 0 Å². The van der Waals surface area contributed by atoms with Crippen LogP contribution in [0.4, 0.5) is 11.4 Å². The molecule has 0 atom stereocenters. The first-order valence-electron chi connectivity index (χ1n) is 7.63. The minimum atomic E-state index is -0.108. The Morgan fingerprint density at radius 3 is 2.58 bits per heavy atom. The van der Waals surface area contributed by atoms with E-state index in [1.54, 1.807) is 44.6 Å². The lowest BCUT2D eigenvalue weighted by Crippen LogP contribution is -2.13. The molecule has 0 aliphatic rings. The van der Waals surface area contributed by atoms with Crippen LogP contribution in [-0.2, 0) is 4.79 Å². The number of hydrogen-bond donors (Lipinski definition) is 2. The zero-order valence-electron chi connectivity index (χ0n) is 13.9. The third-order valence-corrected chi connectivity index (χ3v) is 3.41. The van der Waals surface area contributed by atoms with Crippen LogP contribution < -0.4 is 25.3 Å². The van der Waals surface area contributed by atoms with E-state index in [4.69, 9.17) is 19.9 Å². The van der Waals surface area contributed by atoms with Crippen LogP contribution in [0.2, 0.25) is 0 Å². The molecule has 0 aromatic heterocycles. The molecule has 24 heavy (non-hydrogen) atoms. The van der Waals surface area contributed by atoms with Gasteiger partial charge in [-0.2, -0.15) is 0 Å². The second-order valence-corrected chi connectivity index (χ2v) is 5.10. The number of rotatable bonds is 8. The van der Waals surface area contributed by atoms with E-state index >= 15 is 0 Å². The summed E-state index contributed by atoms with van der Waals surface area (Å²) in [5, 5.41) is 2.82. The molecule has 6 nitrogen and oxygen atoms in total. The maximum Gasteiger partial charge on any atom is 0.224 e. The summed E-state index contributed by atoms with van der Waals surface area (Å²) in [5.41, 5.74) is 6.99. The Morgan fingerprint density at radius 1 is 1.08 bits per heavy atom. The Kier molecular flexibility index (Phi) is 6.31. The SMILES string of the molecule is COc1ccc(NC(=O)CCCOc2ccccc2N)c(OC)c1. The van der Waals surface area contributed by atoms with E-state index in [-0.39, 0.29) is 5.91 Å². The van der Waals surface area contributed by atoms with E-state index in [1.165, 1.54) is 0 Å². The molecule has 0 bridgehead atoms. The monoisotopic (exact) mass is 330 g/mol. The number of carbonyl (C=O) groups excluding carboxylic acids is 1. The van der Waals surface area contributed by atoms with Gasteiger partial charge < -0.3 is 25.3 Å². The first kappa shape index (κ1) is 17.5. The molecule has 0 aliphatic carbocycles. The highest BCUT2D eigenvalue weighted by atomic mass is 16.5. The van der Waals surface area contributed by atoms with Crippen molar-refractivity contribution in [3.63, 3.8) is 0 Å². The van der Waals surface area contributed by atoms with Gasteiger partial charge in [-0.15, -0.1) is 0 Å². The molecule has 0 fully saturated rings. The standard InChI is InChI=1S/C18H22N2O4/c1-22-13-9-10-15(17(12-13)23-2)20-18(21)8-5-11-24-16-7-4-3-6-14(16)19/h3-4,6-7,9-10,12H,5,8,11,19H2,1-2H3,(H,20,21). The quantitative estimate of drug-likeness (QED) is 0.574. The van der Waals surface area contributed by atoms with Gasteiger partial charge in [-0.1, -0.05) is 12.1 Å². The number of carbonyl (C=O) groups is 1. The van der Waals surface area contributed by atoms with Gasteiger partial charge in [0.05, 0.1) is 32.2 Å². The minimum absolute atomic E-state index is 0.108. The lowest BCUT2D eigenvalue weighted by atomic mass is 10.2. The van der Waals surface area contributed by atoms with Crippen molar-refractivity contribution >= 4 is 17.3 Å². The molecule has 1 amide bonds. The topological polar surface area (TPSA) is 82.8 Å². The first-order chi connectivity index (χ1) is 11.6. The summed E-state index contributed by atoms with van der Waals surface area (Å²) in [6, 6.07) is 12.5. The molecule has 6 heteroatoms. The third-order valence-electron chi connectivity index (χ3n) is 3.41. The van der Waals surface area contributed by atoms with Crippen molar-refractivity contribution in [3.8, 4) is 17.2 Å². The van der Waals surface area contributed by atoms with Crippen LogP contribution in [0.1, 0.15) is 12.8 Å². The summed E-state index contributed by atoms with van der Waals surface area (Å²) in [4.78, 5) is 12.0. The number of nitrogen functional groups attached to an aromatic ring is 1. The highest BCUT2D eigenvalue weighted by Gasteiger charge is 2.09. The molecule has 0 unspecified atom stereocenters. The van der Waals surface area contributed by atoms with Crippen LogP contribution in [0.15, 0.2) is 42.5 Å². The van der Waals surface area contributed by atoms with Crippen molar-refractivity contribution in [2.45, 2.75) is 12.8 Å². The fraction of sp³-hybridized carbons (Fsp3) is 0.278. The smallest absolute Gasteiger partial charge is 0.224 e. The van der Waals surface area contributed by atoms with E-state index in [9.17, 15) is 4.79 Å². The van der Waals surface area contributed by atoms with Gasteiger partial charge in [-0.05, 0) is 30.7 Å². The van der Waals surface area contributed by atoms with Crippen LogP contribution in [-0.4, -0.2) is 26.7 Å². The predicted molar refractivity (Wildman–Crippen MR) is 93.8 cm³/mol. The maximum absolute atomic E-state index is 12.0. The lowest BCUT2D eigenvalue weighted by molar-refractivity contribution is -0.116. The van der Waals surface area contributed by atoms with Gasteiger partial charge in [-0.25, -0.2) is 0 Å². The highest BCUT2D eigenvalue weighted by Crippen LogP contribution is 2.29. The number of para-hydroxylation sites is 2. The third kappa shape index (κ3) is 4.81. The number of methoxy groups -OCH3 is 2. The number of hydrogen-bond acceptors (Lipinski definition) is 5. The van der Waals surface area contributed by atoms with E-state index in [0.717, 1.165) is 0 Å². The second-order valence-electron chi connectivity index (χ2n) is 5.10. The Hall–Kier alpha value is -2.89. The molecule has 0 heterocycles. The van der Waals surface area contributed by atoms with Crippen molar-refractivity contribution in [2.24, 2.45) is 0 Å².